The second-order valence-corrected chi connectivity index (χ2v) is 4.23. The fourth-order valence-corrected chi connectivity index (χ4v) is 1.95. The van der Waals surface area contributed by atoms with E-state index in [-0.39, 0.29) is 5.56 Å². The molecule has 0 bridgehead atoms. The Kier molecular flexibility index (Phi) is 4.11. The highest BCUT2D eigenvalue weighted by Gasteiger charge is 2.25. The first-order chi connectivity index (χ1) is 8.66. The highest BCUT2D eigenvalue weighted by molar-refractivity contribution is 5.72. The monoisotopic (exact) mass is 252 g/mol. The van der Waals surface area contributed by atoms with E-state index in [1.165, 1.54) is 6.07 Å². The zero-order chi connectivity index (χ0) is 13.0. The molecular weight excluding hydrogens is 236 g/mol. The van der Waals surface area contributed by atoms with Crippen molar-refractivity contribution in [3.05, 3.63) is 34.7 Å². The summed E-state index contributed by atoms with van der Waals surface area (Å²) in [6.45, 7) is 2.70. The first kappa shape index (κ1) is 12.8. The molecule has 1 aromatic heterocycles. The summed E-state index contributed by atoms with van der Waals surface area (Å²) in [6, 6.07) is 5.02. The van der Waals surface area contributed by atoms with Crippen molar-refractivity contribution in [2.75, 3.05) is 26.2 Å². The normalized spacial score (nSPS) is 20.8. The van der Waals surface area contributed by atoms with E-state index >= 15 is 0 Å². The van der Waals surface area contributed by atoms with Crippen LogP contribution in [0.25, 0.3) is 0 Å². The number of morpholine rings is 1. The van der Waals surface area contributed by atoms with Crippen LogP contribution in [0.2, 0.25) is 0 Å². The van der Waals surface area contributed by atoms with Gasteiger partial charge in [-0.15, -0.1) is 0 Å². The van der Waals surface area contributed by atoms with Gasteiger partial charge in [-0.05, 0) is 6.07 Å². The molecule has 0 amide bonds. The lowest BCUT2D eigenvalue weighted by atomic mass is 10.2. The summed E-state index contributed by atoms with van der Waals surface area (Å²) in [5.74, 6) is -0.934. The minimum Gasteiger partial charge on any atom is -0.479 e. The summed E-state index contributed by atoms with van der Waals surface area (Å²) in [5.41, 5.74) is -0.0412. The molecule has 0 radical (unpaired) electrons. The van der Waals surface area contributed by atoms with E-state index in [9.17, 15) is 9.59 Å². The van der Waals surface area contributed by atoms with Crippen molar-refractivity contribution in [1.29, 1.82) is 0 Å². The second-order valence-electron chi connectivity index (χ2n) is 4.23. The van der Waals surface area contributed by atoms with Crippen LogP contribution in [0.3, 0.4) is 0 Å². The lowest BCUT2D eigenvalue weighted by Crippen LogP contribution is -2.47. The molecule has 1 aromatic rings. The SMILES string of the molecule is O=C(O)C1CN(CCn2ccccc2=O)CCO1. The fourth-order valence-electron chi connectivity index (χ4n) is 1.95. The Bertz CT molecular complexity index is 471. The van der Waals surface area contributed by atoms with E-state index in [0.717, 1.165) is 0 Å². The van der Waals surface area contributed by atoms with Crippen LogP contribution >= 0.6 is 0 Å². The summed E-state index contributed by atoms with van der Waals surface area (Å²) in [4.78, 5) is 24.3. The molecule has 1 saturated heterocycles. The van der Waals surface area contributed by atoms with E-state index in [4.69, 9.17) is 9.84 Å². The molecule has 1 N–H and O–H groups in total. The Hall–Kier alpha value is -1.66. The molecule has 2 heterocycles. The molecule has 0 aromatic carbocycles. The number of aromatic nitrogens is 1. The van der Waals surface area contributed by atoms with E-state index in [0.29, 0.717) is 32.8 Å². The number of carboxylic acids is 1. The predicted octanol–water partition coefficient (Wildman–Crippen LogP) is -0.366. The maximum Gasteiger partial charge on any atom is 0.334 e. The second kappa shape index (κ2) is 5.79. The van der Waals surface area contributed by atoms with Gasteiger partial charge in [-0.25, -0.2) is 4.79 Å². The summed E-state index contributed by atoms with van der Waals surface area (Å²) in [6.07, 6.45) is 0.975. The van der Waals surface area contributed by atoms with Crippen LogP contribution in [0, 0.1) is 0 Å². The summed E-state index contributed by atoms with van der Waals surface area (Å²) < 4.78 is 6.75. The van der Waals surface area contributed by atoms with E-state index in [2.05, 4.69) is 0 Å². The van der Waals surface area contributed by atoms with E-state index < -0.39 is 12.1 Å². The smallest absolute Gasteiger partial charge is 0.334 e. The average Bonchev–Trinajstić information content (AvgIpc) is 2.38. The van der Waals surface area contributed by atoms with Gasteiger partial charge in [0.1, 0.15) is 0 Å². The van der Waals surface area contributed by atoms with Crippen LogP contribution in [0.4, 0.5) is 0 Å². The van der Waals surface area contributed by atoms with E-state index in [1.54, 1.807) is 22.9 Å². The number of hydrogen-bond acceptors (Lipinski definition) is 4. The maximum absolute atomic E-state index is 11.5. The Balaban J connectivity index is 1.89. The number of aliphatic carboxylic acids is 1. The largest absolute Gasteiger partial charge is 0.479 e. The van der Waals surface area contributed by atoms with Gasteiger partial charge in [0.25, 0.3) is 5.56 Å². The molecule has 0 aliphatic carbocycles. The quantitative estimate of drug-likeness (QED) is 0.792. The zero-order valence-electron chi connectivity index (χ0n) is 9.99. The number of carbonyl (C=O) groups is 1. The molecule has 1 fully saturated rings. The number of ether oxygens (including phenoxy) is 1. The van der Waals surface area contributed by atoms with Gasteiger partial charge < -0.3 is 14.4 Å². The Morgan fingerprint density at radius 1 is 1.44 bits per heavy atom. The van der Waals surface area contributed by atoms with Crippen molar-refractivity contribution in [2.24, 2.45) is 0 Å². The molecule has 98 valence electrons. The standard InChI is InChI=1S/C12H16N2O4/c15-11-3-1-2-4-14(11)6-5-13-7-8-18-10(9-13)12(16)17/h1-4,10H,5-9H2,(H,16,17). The highest BCUT2D eigenvalue weighted by Crippen LogP contribution is 2.05. The van der Waals surface area contributed by atoms with Crippen molar-refractivity contribution in [3.63, 3.8) is 0 Å². The molecule has 2 rings (SSSR count). The Labute approximate surface area is 104 Å². The molecule has 0 spiro atoms. The van der Waals surface area contributed by atoms with Gasteiger partial charge in [0, 0.05) is 38.4 Å². The van der Waals surface area contributed by atoms with Crippen molar-refractivity contribution in [1.82, 2.24) is 9.47 Å². The molecule has 1 aliphatic rings. The third kappa shape index (κ3) is 3.18. The summed E-state index contributed by atoms with van der Waals surface area (Å²) >= 11 is 0. The van der Waals surface area contributed by atoms with Gasteiger partial charge in [-0.1, -0.05) is 6.07 Å². The van der Waals surface area contributed by atoms with Crippen molar-refractivity contribution in [3.8, 4) is 0 Å². The number of pyridine rings is 1. The van der Waals surface area contributed by atoms with Crippen LogP contribution in [-0.2, 0) is 16.1 Å². The number of nitrogens with zero attached hydrogens (tertiary/aromatic N) is 2. The minimum atomic E-state index is -0.934. The number of carboxylic acid groups (broad SMARTS) is 1. The first-order valence-corrected chi connectivity index (χ1v) is 5.89. The van der Waals surface area contributed by atoms with Crippen molar-refractivity contribution < 1.29 is 14.6 Å². The lowest BCUT2D eigenvalue weighted by molar-refractivity contribution is -0.156. The Morgan fingerprint density at radius 3 is 3.00 bits per heavy atom. The molecular formula is C12H16N2O4. The van der Waals surface area contributed by atoms with Gasteiger partial charge in [0.05, 0.1) is 6.61 Å². The van der Waals surface area contributed by atoms with Crippen LogP contribution in [0.5, 0.6) is 0 Å². The predicted molar refractivity (Wildman–Crippen MR) is 64.5 cm³/mol. The number of hydrogen-bond donors (Lipinski definition) is 1. The Morgan fingerprint density at radius 2 is 2.28 bits per heavy atom. The maximum atomic E-state index is 11.5. The third-order valence-corrected chi connectivity index (χ3v) is 2.98. The van der Waals surface area contributed by atoms with Gasteiger partial charge in [0.15, 0.2) is 6.10 Å². The van der Waals surface area contributed by atoms with Crippen molar-refractivity contribution in [2.45, 2.75) is 12.6 Å². The van der Waals surface area contributed by atoms with Crippen LogP contribution < -0.4 is 5.56 Å². The molecule has 1 unspecified atom stereocenters. The minimum absolute atomic E-state index is 0.0412. The molecule has 6 nitrogen and oxygen atoms in total. The highest BCUT2D eigenvalue weighted by atomic mass is 16.5. The van der Waals surface area contributed by atoms with Gasteiger partial charge in [-0.3, -0.25) is 9.69 Å². The van der Waals surface area contributed by atoms with Gasteiger partial charge in [-0.2, -0.15) is 0 Å². The molecule has 0 saturated carbocycles. The lowest BCUT2D eigenvalue weighted by Gasteiger charge is -2.30. The van der Waals surface area contributed by atoms with Crippen molar-refractivity contribution >= 4 is 5.97 Å². The topological polar surface area (TPSA) is 71.8 Å². The molecule has 1 aliphatic heterocycles. The third-order valence-electron chi connectivity index (χ3n) is 2.98. The van der Waals surface area contributed by atoms with Crippen LogP contribution in [0.1, 0.15) is 0 Å². The average molecular weight is 252 g/mol. The number of rotatable bonds is 4. The molecule has 18 heavy (non-hydrogen) atoms. The van der Waals surface area contributed by atoms with Gasteiger partial charge >= 0.3 is 5.97 Å². The summed E-state index contributed by atoms with van der Waals surface area (Å²) in [7, 11) is 0. The first-order valence-electron chi connectivity index (χ1n) is 5.89. The van der Waals surface area contributed by atoms with Crippen LogP contribution in [0.15, 0.2) is 29.2 Å². The fraction of sp³-hybridized carbons (Fsp3) is 0.500. The van der Waals surface area contributed by atoms with Gasteiger partial charge in [0.2, 0.25) is 0 Å². The zero-order valence-corrected chi connectivity index (χ0v) is 9.99. The molecule has 1 atom stereocenters. The summed E-state index contributed by atoms with van der Waals surface area (Å²) in [5, 5.41) is 8.88. The van der Waals surface area contributed by atoms with E-state index in [1.807, 2.05) is 4.90 Å². The molecule has 6 heteroatoms. The van der Waals surface area contributed by atoms with Crippen LogP contribution in [-0.4, -0.2) is 52.9 Å².